The number of aromatic nitrogens is 1. The van der Waals surface area contributed by atoms with Crippen LogP contribution in [0.15, 0.2) is 34.9 Å². The summed E-state index contributed by atoms with van der Waals surface area (Å²) < 4.78 is 27.5. The quantitative estimate of drug-likeness (QED) is 0.653. The Balaban J connectivity index is 1.61. The van der Waals surface area contributed by atoms with Gasteiger partial charge in [-0.1, -0.05) is 0 Å². The van der Waals surface area contributed by atoms with Crippen LogP contribution in [-0.2, 0) is 9.59 Å². The van der Waals surface area contributed by atoms with Crippen LogP contribution in [0.5, 0.6) is 0 Å². The molecule has 3 N–H and O–H groups in total. The normalized spacial score (nSPS) is 16.7. The first kappa shape index (κ1) is 18.1. The molecule has 1 aromatic carbocycles. The molecule has 1 unspecified atom stereocenters. The van der Waals surface area contributed by atoms with Gasteiger partial charge in [0.25, 0.3) is 5.91 Å². The predicted molar refractivity (Wildman–Crippen MR) is 90.9 cm³/mol. The molecule has 10 heteroatoms. The molecule has 2 aromatic rings. The third kappa shape index (κ3) is 3.74. The van der Waals surface area contributed by atoms with Crippen LogP contribution in [-0.4, -0.2) is 29.3 Å². The van der Waals surface area contributed by atoms with Crippen LogP contribution in [0, 0.1) is 17.6 Å². The Labute approximate surface area is 154 Å². The first-order chi connectivity index (χ1) is 12.3. The Morgan fingerprint density at radius 1 is 1.23 bits per heavy atom. The van der Waals surface area contributed by atoms with Gasteiger partial charge in [0, 0.05) is 29.7 Å². The maximum Gasteiger partial charge on any atom is 0.286 e. The number of hydrazine groups is 1. The Morgan fingerprint density at radius 3 is 2.65 bits per heavy atom. The van der Waals surface area contributed by atoms with Crippen molar-refractivity contribution in [1.29, 1.82) is 0 Å². The van der Waals surface area contributed by atoms with Crippen molar-refractivity contribution in [3.63, 3.8) is 0 Å². The van der Waals surface area contributed by atoms with Gasteiger partial charge in [0.15, 0.2) is 0 Å². The summed E-state index contributed by atoms with van der Waals surface area (Å²) >= 11 is 3.18. The third-order valence-electron chi connectivity index (χ3n) is 3.89. The van der Waals surface area contributed by atoms with E-state index in [1.165, 1.54) is 6.07 Å². The summed E-state index contributed by atoms with van der Waals surface area (Å²) in [6, 6.07) is 4.38. The van der Waals surface area contributed by atoms with E-state index in [2.05, 4.69) is 31.8 Å². The first-order valence-corrected chi connectivity index (χ1v) is 8.34. The van der Waals surface area contributed by atoms with E-state index < -0.39 is 35.3 Å². The zero-order chi connectivity index (χ0) is 18.8. The number of amides is 3. The van der Waals surface area contributed by atoms with Crippen molar-refractivity contribution in [3.05, 3.63) is 52.3 Å². The van der Waals surface area contributed by atoms with Gasteiger partial charge in [-0.2, -0.15) is 0 Å². The largest absolute Gasteiger partial charge is 0.356 e. The molecule has 7 nitrogen and oxygen atoms in total. The van der Waals surface area contributed by atoms with E-state index in [1.54, 1.807) is 6.20 Å². The fourth-order valence-corrected chi connectivity index (χ4v) is 2.95. The molecular weight excluding hydrogens is 414 g/mol. The molecule has 0 spiro atoms. The molecule has 0 bridgehead atoms. The van der Waals surface area contributed by atoms with E-state index in [9.17, 15) is 23.2 Å². The maximum atomic E-state index is 13.8. The standard InChI is InChI=1S/C16H13BrF2N4O3/c17-9-4-12(20-6-9)16(26)22-21-15(25)8-3-14(24)23(7-8)13-2-1-10(18)5-11(13)19/h1-2,4-6,8,20H,3,7H2,(H,21,25)(H,22,26). The monoisotopic (exact) mass is 426 g/mol. The van der Waals surface area contributed by atoms with Crippen LogP contribution < -0.4 is 15.8 Å². The van der Waals surface area contributed by atoms with E-state index in [4.69, 9.17) is 0 Å². The number of hydrogen-bond acceptors (Lipinski definition) is 3. The molecule has 136 valence electrons. The molecule has 1 saturated heterocycles. The molecule has 1 aliphatic heterocycles. The highest BCUT2D eigenvalue weighted by molar-refractivity contribution is 9.10. The van der Waals surface area contributed by atoms with Gasteiger partial charge >= 0.3 is 0 Å². The number of nitrogens with zero attached hydrogens (tertiary/aromatic N) is 1. The number of carbonyl (C=O) groups excluding carboxylic acids is 3. The number of hydrogen-bond donors (Lipinski definition) is 3. The lowest BCUT2D eigenvalue weighted by Gasteiger charge is -2.17. The Morgan fingerprint density at radius 2 is 2.00 bits per heavy atom. The number of benzene rings is 1. The Hall–Kier alpha value is -2.75. The molecule has 0 saturated carbocycles. The third-order valence-corrected chi connectivity index (χ3v) is 4.35. The summed E-state index contributed by atoms with van der Waals surface area (Å²) in [4.78, 5) is 39.9. The van der Waals surface area contributed by atoms with Crippen LogP contribution in [0.4, 0.5) is 14.5 Å². The van der Waals surface area contributed by atoms with Gasteiger partial charge in [-0.3, -0.25) is 25.2 Å². The zero-order valence-electron chi connectivity index (χ0n) is 13.2. The highest BCUT2D eigenvalue weighted by Gasteiger charge is 2.36. The van der Waals surface area contributed by atoms with Crippen molar-refractivity contribution in [2.45, 2.75) is 6.42 Å². The van der Waals surface area contributed by atoms with E-state index >= 15 is 0 Å². The number of anilines is 1. The second-order valence-corrected chi connectivity index (χ2v) is 6.59. The zero-order valence-corrected chi connectivity index (χ0v) is 14.8. The number of halogens is 3. The van der Waals surface area contributed by atoms with Crippen LogP contribution >= 0.6 is 15.9 Å². The predicted octanol–water partition coefficient (Wildman–Crippen LogP) is 1.87. The van der Waals surface area contributed by atoms with Crippen molar-refractivity contribution in [3.8, 4) is 0 Å². The van der Waals surface area contributed by atoms with Gasteiger partial charge in [0.2, 0.25) is 11.8 Å². The minimum atomic E-state index is -0.884. The maximum absolute atomic E-state index is 13.8. The smallest absolute Gasteiger partial charge is 0.286 e. The van der Waals surface area contributed by atoms with Crippen LogP contribution in [0.2, 0.25) is 0 Å². The fraction of sp³-hybridized carbons (Fsp3) is 0.188. The van der Waals surface area contributed by atoms with Gasteiger partial charge in [0.1, 0.15) is 17.3 Å². The van der Waals surface area contributed by atoms with Crippen molar-refractivity contribution in [2.75, 3.05) is 11.4 Å². The van der Waals surface area contributed by atoms with Crippen molar-refractivity contribution in [1.82, 2.24) is 15.8 Å². The Bertz CT molecular complexity index is 886. The highest BCUT2D eigenvalue weighted by Crippen LogP contribution is 2.27. The lowest BCUT2D eigenvalue weighted by atomic mass is 10.1. The molecule has 3 rings (SSSR count). The van der Waals surface area contributed by atoms with E-state index in [0.29, 0.717) is 10.5 Å². The van der Waals surface area contributed by atoms with Gasteiger partial charge < -0.3 is 9.88 Å². The first-order valence-electron chi connectivity index (χ1n) is 7.54. The van der Waals surface area contributed by atoms with E-state index in [0.717, 1.165) is 17.0 Å². The molecule has 1 aliphatic rings. The second-order valence-electron chi connectivity index (χ2n) is 5.68. The molecule has 1 aromatic heterocycles. The average molecular weight is 427 g/mol. The SMILES string of the molecule is O=C(NNC(=O)C1CC(=O)N(c2ccc(F)cc2F)C1)c1cc(Br)c[nH]1. The number of aromatic amines is 1. The summed E-state index contributed by atoms with van der Waals surface area (Å²) in [6.45, 7) is -0.0723. The van der Waals surface area contributed by atoms with E-state index in [-0.39, 0.29) is 24.3 Å². The van der Waals surface area contributed by atoms with Crippen molar-refractivity contribution >= 4 is 39.3 Å². The Kier molecular flexibility index (Phi) is 5.03. The summed E-state index contributed by atoms with van der Waals surface area (Å²) in [5.41, 5.74) is 4.62. The summed E-state index contributed by atoms with van der Waals surface area (Å²) in [5.74, 6) is -4.02. The molecule has 1 fully saturated rings. The summed E-state index contributed by atoms with van der Waals surface area (Å²) in [7, 11) is 0. The second kappa shape index (κ2) is 7.24. The summed E-state index contributed by atoms with van der Waals surface area (Å²) in [5, 5.41) is 0. The number of carbonyl (C=O) groups is 3. The minimum absolute atomic E-state index is 0.0723. The highest BCUT2D eigenvalue weighted by atomic mass is 79.9. The van der Waals surface area contributed by atoms with Crippen molar-refractivity contribution < 1.29 is 23.2 Å². The molecule has 1 atom stereocenters. The molecule has 26 heavy (non-hydrogen) atoms. The van der Waals surface area contributed by atoms with Crippen LogP contribution in [0.3, 0.4) is 0 Å². The molecule has 0 aliphatic carbocycles. The molecule has 2 heterocycles. The van der Waals surface area contributed by atoms with Gasteiger partial charge in [0.05, 0.1) is 11.6 Å². The number of H-pyrrole nitrogens is 1. The minimum Gasteiger partial charge on any atom is -0.356 e. The van der Waals surface area contributed by atoms with Crippen LogP contribution in [0.25, 0.3) is 0 Å². The molecule has 0 radical (unpaired) electrons. The van der Waals surface area contributed by atoms with Crippen LogP contribution in [0.1, 0.15) is 16.9 Å². The molecular formula is C16H13BrF2N4O3. The van der Waals surface area contributed by atoms with Crippen molar-refractivity contribution in [2.24, 2.45) is 5.92 Å². The number of nitrogens with one attached hydrogen (secondary N) is 3. The van der Waals surface area contributed by atoms with Gasteiger partial charge in [-0.15, -0.1) is 0 Å². The van der Waals surface area contributed by atoms with Gasteiger partial charge in [-0.05, 0) is 34.1 Å². The molecule has 3 amide bonds. The van der Waals surface area contributed by atoms with E-state index in [1.807, 2.05) is 0 Å². The lowest BCUT2D eigenvalue weighted by molar-refractivity contribution is -0.126. The summed E-state index contributed by atoms with van der Waals surface area (Å²) in [6.07, 6.45) is 1.41. The fourth-order valence-electron chi connectivity index (χ4n) is 2.60. The number of rotatable bonds is 3. The van der Waals surface area contributed by atoms with Gasteiger partial charge in [-0.25, -0.2) is 8.78 Å². The topological polar surface area (TPSA) is 94.3 Å². The average Bonchev–Trinajstić information content (AvgIpc) is 3.19. The lowest BCUT2D eigenvalue weighted by Crippen LogP contribution is -2.45.